The molecule has 0 aliphatic carbocycles. The summed E-state index contributed by atoms with van der Waals surface area (Å²) in [4.78, 5) is 11.7. The molecule has 0 atom stereocenters. The molecular formula is C14H12O4. The molecule has 92 valence electrons. The van der Waals surface area contributed by atoms with Crippen LogP contribution in [-0.4, -0.2) is 16.2 Å². The normalized spacial score (nSPS) is 10.0. The Morgan fingerprint density at radius 1 is 1.00 bits per heavy atom. The quantitative estimate of drug-likeness (QED) is 0.814. The van der Waals surface area contributed by atoms with Gasteiger partial charge in [-0.25, -0.2) is 4.79 Å². The van der Waals surface area contributed by atoms with Crippen LogP contribution in [-0.2, 0) is 11.3 Å². The molecule has 0 aromatic heterocycles. The minimum absolute atomic E-state index is 0.0907. The van der Waals surface area contributed by atoms with Crippen LogP contribution in [0.2, 0.25) is 0 Å². The van der Waals surface area contributed by atoms with E-state index in [0.717, 1.165) is 5.56 Å². The van der Waals surface area contributed by atoms with Crippen molar-refractivity contribution in [2.24, 2.45) is 0 Å². The molecule has 4 heteroatoms. The standard InChI is InChI=1S/C14H12O4/c15-11-7-5-10(6-8-11)9-18-14(17)12-3-1-2-4-13(12)16/h1-8,15-16H,9H2. The monoisotopic (exact) mass is 244 g/mol. The van der Waals surface area contributed by atoms with Crippen molar-refractivity contribution in [3.05, 3.63) is 59.7 Å². The van der Waals surface area contributed by atoms with Gasteiger partial charge in [0.05, 0.1) is 0 Å². The molecule has 2 aromatic carbocycles. The van der Waals surface area contributed by atoms with Gasteiger partial charge in [-0.3, -0.25) is 0 Å². The van der Waals surface area contributed by atoms with Crippen LogP contribution >= 0.6 is 0 Å². The van der Waals surface area contributed by atoms with Gasteiger partial charge in [-0.05, 0) is 29.8 Å². The summed E-state index contributed by atoms with van der Waals surface area (Å²) in [6, 6.07) is 12.6. The predicted molar refractivity (Wildman–Crippen MR) is 65.3 cm³/mol. The fourth-order valence-corrected chi connectivity index (χ4v) is 1.47. The number of ether oxygens (including phenoxy) is 1. The Morgan fingerprint density at radius 3 is 2.33 bits per heavy atom. The Balaban J connectivity index is 2.01. The third-order valence-corrected chi connectivity index (χ3v) is 2.43. The van der Waals surface area contributed by atoms with E-state index < -0.39 is 5.97 Å². The van der Waals surface area contributed by atoms with Crippen LogP contribution in [0.3, 0.4) is 0 Å². The Morgan fingerprint density at radius 2 is 1.67 bits per heavy atom. The van der Waals surface area contributed by atoms with Gasteiger partial charge in [0.2, 0.25) is 0 Å². The van der Waals surface area contributed by atoms with Crippen molar-refractivity contribution in [1.82, 2.24) is 0 Å². The second-order valence-corrected chi connectivity index (χ2v) is 3.76. The van der Waals surface area contributed by atoms with Gasteiger partial charge in [0, 0.05) is 0 Å². The zero-order valence-electron chi connectivity index (χ0n) is 9.54. The third-order valence-electron chi connectivity index (χ3n) is 2.43. The van der Waals surface area contributed by atoms with Crippen molar-refractivity contribution in [2.75, 3.05) is 0 Å². The lowest BCUT2D eigenvalue weighted by Gasteiger charge is -2.06. The fraction of sp³-hybridized carbons (Fsp3) is 0.0714. The molecule has 0 spiro atoms. The summed E-state index contributed by atoms with van der Waals surface area (Å²) >= 11 is 0. The Labute approximate surface area is 104 Å². The summed E-state index contributed by atoms with van der Waals surface area (Å²) in [5.41, 5.74) is 0.896. The van der Waals surface area contributed by atoms with Gasteiger partial charge >= 0.3 is 5.97 Å². The molecule has 2 rings (SSSR count). The fourth-order valence-electron chi connectivity index (χ4n) is 1.47. The maximum absolute atomic E-state index is 11.7. The summed E-state index contributed by atoms with van der Waals surface area (Å²) in [5, 5.41) is 18.6. The molecule has 0 saturated heterocycles. The molecule has 2 aromatic rings. The first kappa shape index (κ1) is 12.0. The number of hydrogen-bond acceptors (Lipinski definition) is 4. The van der Waals surface area contributed by atoms with Gasteiger partial charge in [-0.15, -0.1) is 0 Å². The number of phenols is 2. The Hall–Kier alpha value is -2.49. The lowest BCUT2D eigenvalue weighted by atomic mass is 10.2. The molecule has 0 heterocycles. The van der Waals surface area contributed by atoms with E-state index in [9.17, 15) is 9.90 Å². The van der Waals surface area contributed by atoms with E-state index >= 15 is 0 Å². The topological polar surface area (TPSA) is 66.8 Å². The van der Waals surface area contributed by atoms with Crippen LogP contribution < -0.4 is 0 Å². The zero-order chi connectivity index (χ0) is 13.0. The second-order valence-electron chi connectivity index (χ2n) is 3.76. The number of benzene rings is 2. The summed E-state index contributed by atoms with van der Waals surface area (Å²) in [6.45, 7) is 0.0907. The average molecular weight is 244 g/mol. The maximum atomic E-state index is 11.7. The Bertz CT molecular complexity index is 546. The molecule has 0 amide bonds. The van der Waals surface area contributed by atoms with Gasteiger partial charge in [0.15, 0.2) is 0 Å². The van der Waals surface area contributed by atoms with E-state index in [0.29, 0.717) is 0 Å². The highest BCUT2D eigenvalue weighted by molar-refractivity contribution is 5.92. The highest BCUT2D eigenvalue weighted by Crippen LogP contribution is 2.17. The smallest absolute Gasteiger partial charge is 0.342 e. The Kier molecular flexibility index (Phi) is 3.48. The first-order chi connectivity index (χ1) is 8.66. The number of esters is 1. The van der Waals surface area contributed by atoms with Crippen molar-refractivity contribution in [2.45, 2.75) is 6.61 Å². The van der Waals surface area contributed by atoms with E-state index in [1.807, 2.05) is 0 Å². The first-order valence-electron chi connectivity index (χ1n) is 5.40. The lowest BCUT2D eigenvalue weighted by molar-refractivity contribution is 0.0469. The number of para-hydroxylation sites is 1. The summed E-state index contributed by atoms with van der Waals surface area (Å²) in [7, 11) is 0. The van der Waals surface area contributed by atoms with Gasteiger partial charge in [0.25, 0.3) is 0 Å². The van der Waals surface area contributed by atoms with E-state index in [-0.39, 0.29) is 23.7 Å². The average Bonchev–Trinajstić information content (AvgIpc) is 2.38. The van der Waals surface area contributed by atoms with Gasteiger partial charge in [0.1, 0.15) is 23.7 Å². The van der Waals surface area contributed by atoms with Crippen molar-refractivity contribution in [3.8, 4) is 11.5 Å². The molecule has 4 nitrogen and oxygen atoms in total. The third kappa shape index (κ3) is 2.79. The largest absolute Gasteiger partial charge is 0.508 e. The molecular weight excluding hydrogens is 232 g/mol. The van der Waals surface area contributed by atoms with Crippen LogP contribution in [0.1, 0.15) is 15.9 Å². The first-order valence-corrected chi connectivity index (χ1v) is 5.40. The minimum atomic E-state index is -0.582. The molecule has 18 heavy (non-hydrogen) atoms. The van der Waals surface area contributed by atoms with Crippen LogP contribution in [0.5, 0.6) is 11.5 Å². The number of aromatic hydroxyl groups is 2. The second kappa shape index (κ2) is 5.23. The molecule has 0 aliphatic heterocycles. The van der Waals surface area contributed by atoms with E-state index in [2.05, 4.69) is 0 Å². The van der Waals surface area contributed by atoms with Crippen LogP contribution in [0, 0.1) is 0 Å². The SMILES string of the molecule is O=C(OCc1ccc(O)cc1)c1ccccc1O. The molecule has 0 bridgehead atoms. The highest BCUT2D eigenvalue weighted by atomic mass is 16.5. The van der Waals surface area contributed by atoms with Crippen LogP contribution in [0.4, 0.5) is 0 Å². The van der Waals surface area contributed by atoms with Crippen molar-refractivity contribution in [1.29, 1.82) is 0 Å². The van der Waals surface area contributed by atoms with Crippen molar-refractivity contribution >= 4 is 5.97 Å². The van der Waals surface area contributed by atoms with Crippen molar-refractivity contribution in [3.63, 3.8) is 0 Å². The number of carbonyl (C=O) groups is 1. The molecule has 0 aliphatic rings. The maximum Gasteiger partial charge on any atom is 0.342 e. The van der Waals surface area contributed by atoms with Crippen LogP contribution in [0.25, 0.3) is 0 Å². The molecule has 0 radical (unpaired) electrons. The number of rotatable bonds is 3. The van der Waals surface area contributed by atoms with Gasteiger partial charge in [-0.1, -0.05) is 24.3 Å². The van der Waals surface area contributed by atoms with E-state index in [1.165, 1.54) is 24.3 Å². The number of carbonyl (C=O) groups excluding carboxylic acids is 1. The number of hydrogen-bond donors (Lipinski definition) is 2. The molecule has 0 unspecified atom stereocenters. The summed E-state index contributed by atoms with van der Waals surface area (Å²) in [5.74, 6) is -0.528. The molecule has 0 fully saturated rings. The minimum Gasteiger partial charge on any atom is -0.508 e. The molecule has 0 saturated carbocycles. The van der Waals surface area contributed by atoms with E-state index in [1.54, 1.807) is 24.3 Å². The zero-order valence-corrected chi connectivity index (χ0v) is 9.54. The predicted octanol–water partition coefficient (Wildman–Crippen LogP) is 2.45. The highest BCUT2D eigenvalue weighted by Gasteiger charge is 2.11. The van der Waals surface area contributed by atoms with Gasteiger partial charge in [-0.2, -0.15) is 0 Å². The van der Waals surface area contributed by atoms with E-state index in [4.69, 9.17) is 9.84 Å². The van der Waals surface area contributed by atoms with Crippen molar-refractivity contribution < 1.29 is 19.7 Å². The summed E-state index contributed by atoms with van der Waals surface area (Å²) in [6.07, 6.45) is 0. The number of phenolic OH excluding ortho intramolecular Hbond substituents is 2. The van der Waals surface area contributed by atoms with Crippen LogP contribution in [0.15, 0.2) is 48.5 Å². The molecule has 2 N–H and O–H groups in total. The lowest BCUT2D eigenvalue weighted by Crippen LogP contribution is -2.05. The van der Waals surface area contributed by atoms with Gasteiger partial charge < -0.3 is 14.9 Å². The summed E-state index contributed by atoms with van der Waals surface area (Å²) < 4.78 is 5.05.